The Hall–Kier alpha value is -0.950. The molecule has 0 aliphatic rings. The smallest absolute Gasteiger partial charge is 0.150 e. The lowest BCUT2D eigenvalue weighted by Gasteiger charge is -2.11. The lowest BCUT2D eigenvalue weighted by molar-refractivity contribution is 0.583. The highest BCUT2D eigenvalue weighted by Crippen LogP contribution is 2.26. The fraction of sp³-hybridized carbons (Fsp3) is 0.308. The SMILES string of the molecule is CCn1nc(C)c(Br)c1CNc1c(F)cc(Br)cc1F. The Morgan fingerprint density at radius 2 is 1.85 bits per heavy atom. The van der Waals surface area contributed by atoms with Crippen molar-refractivity contribution in [3.63, 3.8) is 0 Å². The first-order valence-electron chi connectivity index (χ1n) is 6.04. The molecular formula is C13H13Br2F2N3. The molecule has 2 rings (SSSR count). The van der Waals surface area contributed by atoms with Crippen LogP contribution in [0.2, 0.25) is 0 Å². The van der Waals surface area contributed by atoms with Crippen molar-refractivity contribution in [1.29, 1.82) is 0 Å². The Labute approximate surface area is 132 Å². The summed E-state index contributed by atoms with van der Waals surface area (Å²) in [6.45, 7) is 4.81. The van der Waals surface area contributed by atoms with Crippen molar-refractivity contribution in [2.75, 3.05) is 5.32 Å². The second kappa shape index (κ2) is 6.22. The number of hydrogen-bond donors (Lipinski definition) is 1. The zero-order valence-corrected chi connectivity index (χ0v) is 14.1. The van der Waals surface area contributed by atoms with Crippen LogP contribution >= 0.6 is 31.9 Å². The van der Waals surface area contributed by atoms with Gasteiger partial charge in [-0.1, -0.05) is 15.9 Å². The molecular weight excluding hydrogens is 396 g/mol. The first kappa shape index (κ1) is 15.4. The number of rotatable bonds is 4. The van der Waals surface area contributed by atoms with Crippen molar-refractivity contribution >= 4 is 37.5 Å². The highest BCUT2D eigenvalue weighted by molar-refractivity contribution is 9.10. The van der Waals surface area contributed by atoms with E-state index >= 15 is 0 Å². The maximum Gasteiger partial charge on any atom is 0.150 e. The predicted molar refractivity (Wildman–Crippen MR) is 81.7 cm³/mol. The predicted octanol–water partition coefficient (Wildman–Crippen LogP) is 4.63. The first-order chi connectivity index (χ1) is 9.43. The topological polar surface area (TPSA) is 29.9 Å². The molecule has 1 heterocycles. The van der Waals surface area contributed by atoms with Crippen LogP contribution in [-0.2, 0) is 13.1 Å². The zero-order chi connectivity index (χ0) is 14.9. The van der Waals surface area contributed by atoms with Gasteiger partial charge in [0.25, 0.3) is 0 Å². The monoisotopic (exact) mass is 407 g/mol. The molecule has 108 valence electrons. The summed E-state index contributed by atoms with van der Waals surface area (Å²) in [4.78, 5) is 0. The van der Waals surface area contributed by atoms with Gasteiger partial charge in [-0.2, -0.15) is 5.10 Å². The van der Waals surface area contributed by atoms with E-state index in [1.807, 2.05) is 13.8 Å². The molecule has 0 spiro atoms. The second-order valence-corrected chi connectivity index (χ2v) is 5.97. The fourth-order valence-electron chi connectivity index (χ4n) is 1.92. The molecule has 0 saturated heterocycles. The molecule has 0 unspecified atom stereocenters. The number of benzene rings is 1. The Kier molecular flexibility index (Phi) is 4.80. The van der Waals surface area contributed by atoms with E-state index in [0.717, 1.165) is 15.9 Å². The van der Waals surface area contributed by atoms with Crippen molar-refractivity contribution in [2.45, 2.75) is 26.9 Å². The molecule has 0 radical (unpaired) electrons. The third-order valence-corrected chi connectivity index (χ3v) is 4.38. The average Bonchev–Trinajstić information content (AvgIpc) is 2.64. The Balaban J connectivity index is 2.26. The van der Waals surface area contributed by atoms with Gasteiger partial charge in [0.15, 0.2) is 0 Å². The molecule has 2 aromatic rings. The van der Waals surface area contributed by atoms with Crippen LogP contribution in [0.4, 0.5) is 14.5 Å². The van der Waals surface area contributed by atoms with E-state index in [1.54, 1.807) is 4.68 Å². The first-order valence-corrected chi connectivity index (χ1v) is 7.62. The lowest BCUT2D eigenvalue weighted by atomic mass is 10.2. The van der Waals surface area contributed by atoms with E-state index in [9.17, 15) is 8.78 Å². The van der Waals surface area contributed by atoms with E-state index in [1.165, 1.54) is 12.1 Å². The maximum absolute atomic E-state index is 13.7. The fourth-order valence-corrected chi connectivity index (χ4v) is 2.75. The summed E-state index contributed by atoms with van der Waals surface area (Å²) in [5.74, 6) is -1.26. The van der Waals surface area contributed by atoms with Gasteiger partial charge in [0.2, 0.25) is 0 Å². The van der Waals surface area contributed by atoms with Crippen LogP contribution in [0.25, 0.3) is 0 Å². The van der Waals surface area contributed by atoms with Gasteiger partial charge in [-0.15, -0.1) is 0 Å². The summed E-state index contributed by atoms with van der Waals surface area (Å²) in [7, 11) is 0. The van der Waals surface area contributed by atoms with Crippen molar-refractivity contribution in [1.82, 2.24) is 9.78 Å². The quantitative estimate of drug-likeness (QED) is 0.799. The molecule has 3 nitrogen and oxygen atoms in total. The highest BCUT2D eigenvalue weighted by Gasteiger charge is 2.15. The summed E-state index contributed by atoms with van der Waals surface area (Å²) in [5, 5.41) is 7.13. The molecule has 1 aromatic carbocycles. The molecule has 0 fully saturated rings. The van der Waals surface area contributed by atoms with Gasteiger partial charge >= 0.3 is 0 Å². The summed E-state index contributed by atoms with van der Waals surface area (Å²) < 4.78 is 30.5. The van der Waals surface area contributed by atoms with Crippen molar-refractivity contribution in [3.05, 3.63) is 44.1 Å². The van der Waals surface area contributed by atoms with Crippen molar-refractivity contribution in [2.24, 2.45) is 0 Å². The molecule has 1 N–H and O–H groups in total. The molecule has 0 aliphatic heterocycles. The minimum Gasteiger partial charge on any atom is -0.375 e. The number of nitrogens with one attached hydrogen (secondary N) is 1. The molecule has 7 heteroatoms. The molecule has 0 aliphatic carbocycles. The number of halogens is 4. The van der Waals surface area contributed by atoms with E-state index in [0.29, 0.717) is 11.0 Å². The Morgan fingerprint density at radius 1 is 1.25 bits per heavy atom. The minimum absolute atomic E-state index is 0.137. The number of hydrogen-bond acceptors (Lipinski definition) is 2. The van der Waals surface area contributed by atoms with Gasteiger partial charge in [0, 0.05) is 11.0 Å². The molecule has 0 saturated carbocycles. The Bertz CT molecular complexity index is 618. The largest absolute Gasteiger partial charge is 0.375 e. The molecule has 0 atom stereocenters. The van der Waals surface area contributed by atoms with Crippen LogP contribution < -0.4 is 5.32 Å². The van der Waals surface area contributed by atoms with E-state index in [-0.39, 0.29) is 12.2 Å². The Morgan fingerprint density at radius 3 is 2.40 bits per heavy atom. The van der Waals surface area contributed by atoms with Crippen LogP contribution in [0, 0.1) is 18.6 Å². The standard InChI is InChI=1S/C13H13Br2F2N3/c1-3-20-11(12(15)7(2)19-20)6-18-13-9(16)4-8(14)5-10(13)17/h4-5,18H,3,6H2,1-2H3. The summed E-state index contributed by atoms with van der Waals surface area (Å²) >= 11 is 6.50. The van der Waals surface area contributed by atoms with Crippen LogP contribution in [-0.4, -0.2) is 9.78 Å². The van der Waals surface area contributed by atoms with E-state index in [2.05, 4.69) is 42.3 Å². The van der Waals surface area contributed by atoms with Crippen LogP contribution in [0.3, 0.4) is 0 Å². The number of nitrogens with zero attached hydrogens (tertiary/aromatic N) is 2. The third-order valence-electron chi connectivity index (χ3n) is 2.89. The highest BCUT2D eigenvalue weighted by atomic mass is 79.9. The van der Waals surface area contributed by atoms with Gasteiger partial charge in [-0.05, 0) is 41.9 Å². The minimum atomic E-state index is -0.632. The van der Waals surface area contributed by atoms with Gasteiger partial charge in [0.1, 0.15) is 17.3 Å². The normalized spacial score (nSPS) is 10.9. The molecule has 0 bridgehead atoms. The number of anilines is 1. The summed E-state index contributed by atoms with van der Waals surface area (Å²) in [6, 6.07) is 2.45. The van der Waals surface area contributed by atoms with Crippen molar-refractivity contribution < 1.29 is 8.78 Å². The van der Waals surface area contributed by atoms with Gasteiger partial charge in [-0.25, -0.2) is 8.78 Å². The second-order valence-electron chi connectivity index (χ2n) is 4.26. The van der Waals surface area contributed by atoms with Gasteiger partial charge in [-0.3, -0.25) is 4.68 Å². The number of aryl methyl sites for hydroxylation is 2. The van der Waals surface area contributed by atoms with E-state index in [4.69, 9.17) is 0 Å². The molecule has 0 amide bonds. The lowest BCUT2D eigenvalue weighted by Crippen LogP contribution is -2.10. The molecule has 1 aromatic heterocycles. The maximum atomic E-state index is 13.7. The van der Waals surface area contributed by atoms with E-state index < -0.39 is 11.6 Å². The van der Waals surface area contributed by atoms with Crippen LogP contribution in [0.15, 0.2) is 21.1 Å². The summed E-state index contributed by atoms with van der Waals surface area (Å²) in [6.07, 6.45) is 0. The van der Waals surface area contributed by atoms with Crippen LogP contribution in [0.5, 0.6) is 0 Å². The van der Waals surface area contributed by atoms with Gasteiger partial charge in [0.05, 0.1) is 22.4 Å². The van der Waals surface area contributed by atoms with Gasteiger partial charge < -0.3 is 5.32 Å². The number of aromatic nitrogens is 2. The van der Waals surface area contributed by atoms with Crippen molar-refractivity contribution in [3.8, 4) is 0 Å². The van der Waals surface area contributed by atoms with Crippen LogP contribution in [0.1, 0.15) is 18.3 Å². The zero-order valence-electron chi connectivity index (χ0n) is 11.0. The summed E-state index contributed by atoms with van der Waals surface area (Å²) in [5.41, 5.74) is 1.56. The third kappa shape index (κ3) is 3.03. The average molecular weight is 409 g/mol. The molecule has 20 heavy (non-hydrogen) atoms.